The Kier molecular flexibility index (Phi) is 5.64. The van der Waals surface area contributed by atoms with Gasteiger partial charge in [0, 0.05) is 31.2 Å². The highest BCUT2D eigenvalue weighted by Gasteiger charge is 2.08. The Morgan fingerprint density at radius 1 is 1.41 bits per heavy atom. The van der Waals surface area contributed by atoms with Gasteiger partial charge >= 0.3 is 0 Å². The highest BCUT2D eigenvalue weighted by Crippen LogP contribution is 1.95. The number of hydrogen-bond donors (Lipinski definition) is 1. The number of unbranched alkanes of at least 4 members (excludes halogenated alkanes) is 1. The van der Waals surface area contributed by atoms with Crippen LogP contribution in [0.15, 0.2) is 18.7 Å². The van der Waals surface area contributed by atoms with Gasteiger partial charge in [-0.25, -0.2) is 13.4 Å². The fourth-order valence-electron chi connectivity index (χ4n) is 1.70. The number of imidazole rings is 1. The maximum atomic E-state index is 11.0. The predicted molar refractivity (Wildman–Crippen MR) is 68.6 cm³/mol. The van der Waals surface area contributed by atoms with Crippen LogP contribution in [-0.4, -0.2) is 42.6 Å². The molecule has 1 aromatic heterocycles. The second kappa shape index (κ2) is 6.76. The van der Waals surface area contributed by atoms with E-state index in [4.69, 9.17) is 0 Å². The first-order valence-corrected chi connectivity index (χ1v) is 7.90. The molecule has 0 aliphatic carbocycles. The smallest absolute Gasteiger partial charge is 0.148 e. The van der Waals surface area contributed by atoms with E-state index in [2.05, 4.69) is 10.3 Å². The summed E-state index contributed by atoms with van der Waals surface area (Å²) in [5.41, 5.74) is 0. The van der Waals surface area contributed by atoms with Crippen molar-refractivity contribution in [3.63, 3.8) is 0 Å². The van der Waals surface area contributed by atoms with E-state index >= 15 is 0 Å². The Bertz CT molecular complexity index is 400. The van der Waals surface area contributed by atoms with Gasteiger partial charge < -0.3 is 9.88 Å². The standard InChI is InChI=1S/C11H21N3O2S/c1-11(9-17(2,15)16)13-5-3-4-7-14-8-6-12-10-14/h6,8,10-11,13H,3-5,7,9H2,1-2H3. The van der Waals surface area contributed by atoms with Crippen LogP contribution in [0, 0.1) is 0 Å². The molecule has 0 radical (unpaired) electrons. The summed E-state index contributed by atoms with van der Waals surface area (Å²) in [5, 5.41) is 3.22. The molecule has 0 spiro atoms. The molecular formula is C11H21N3O2S. The number of nitrogens with zero attached hydrogens (tertiary/aromatic N) is 2. The third-order valence-corrected chi connectivity index (χ3v) is 3.55. The number of nitrogens with one attached hydrogen (secondary N) is 1. The molecule has 17 heavy (non-hydrogen) atoms. The minimum atomic E-state index is -2.88. The molecule has 0 bridgehead atoms. The van der Waals surface area contributed by atoms with Crippen molar-refractivity contribution in [3.8, 4) is 0 Å². The van der Waals surface area contributed by atoms with E-state index in [0.717, 1.165) is 25.9 Å². The Balaban J connectivity index is 2.04. The molecule has 0 aliphatic heterocycles. The fourth-order valence-corrected chi connectivity index (χ4v) is 2.73. The van der Waals surface area contributed by atoms with Gasteiger partial charge in [0.2, 0.25) is 0 Å². The number of aryl methyl sites for hydroxylation is 1. The quantitative estimate of drug-likeness (QED) is 0.698. The van der Waals surface area contributed by atoms with Crippen LogP contribution in [0.4, 0.5) is 0 Å². The molecule has 1 heterocycles. The van der Waals surface area contributed by atoms with Crippen molar-refractivity contribution < 1.29 is 8.42 Å². The van der Waals surface area contributed by atoms with Crippen molar-refractivity contribution in [2.24, 2.45) is 0 Å². The summed E-state index contributed by atoms with van der Waals surface area (Å²) in [6.45, 7) is 3.71. The van der Waals surface area contributed by atoms with Crippen LogP contribution in [0.25, 0.3) is 0 Å². The zero-order valence-electron chi connectivity index (χ0n) is 10.5. The lowest BCUT2D eigenvalue weighted by Gasteiger charge is -2.12. The van der Waals surface area contributed by atoms with Crippen molar-refractivity contribution in [2.75, 3.05) is 18.6 Å². The third-order valence-electron chi connectivity index (χ3n) is 2.45. The van der Waals surface area contributed by atoms with Crippen molar-refractivity contribution in [1.82, 2.24) is 14.9 Å². The second-order valence-electron chi connectivity index (χ2n) is 4.46. The molecule has 1 aromatic rings. The van der Waals surface area contributed by atoms with Gasteiger partial charge in [-0.15, -0.1) is 0 Å². The molecule has 1 atom stereocenters. The molecule has 0 amide bonds. The first-order valence-electron chi connectivity index (χ1n) is 5.84. The second-order valence-corrected chi connectivity index (χ2v) is 6.64. The zero-order chi connectivity index (χ0) is 12.7. The van der Waals surface area contributed by atoms with Gasteiger partial charge in [0.05, 0.1) is 12.1 Å². The number of aromatic nitrogens is 2. The van der Waals surface area contributed by atoms with Crippen LogP contribution in [-0.2, 0) is 16.4 Å². The van der Waals surface area contributed by atoms with Gasteiger partial charge in [0.1, 0.15) is 9.84 Å². The summed E-state index contributed by atoms with van der Waals surface area (Å²) in [5.74, 6) is 0.203. The van der Waals surface area contributed by atoms with Crippen LogP contribution in [0.3, 0.4) is 0 Å². The first-order chi connectivity index (χ1) is 7.97. The van der Waals surface area contributed by atoms with Gasteiger partial charge in [-0.2, -0.15) is 0 Å². The Hall–Kier alpha value is -0.880. The average molecular weight is 259 g/mol. The zero-order valence-corrected chi connectivity index (χ0v) is 11.3. The van der Waals surface area contributed by atoms with E-state index in [-0.39, 0.29) is 11.8 Å². The largest absolute Gasteiger partial charge is 0.337 e. The molecule has 1 unspecified atom stereocenters. The maximum absolute atomic E-state index is 11.0. The van der Waals surface area contributed by atoms with Crippen molar-refractivity contribution in [1.29, 1.82) is 0 Å². The molecule has 0 aliphatic rings. The van der Waals surface area contributed by atoms with E-state index in [1.807, 2.05) is 17.7 Å². The topological polar surface area (TPSA) is 64.0 Å². The fraction of sp³-hybridized carbons (Fsp3) is 0.727. The van der Waals surface area contributed by atoms with Gasteiger partial charge in [-0.05, 0) is 26.3 Å². The van der Waals surface area contributed by atoms with Crippen LogP contribution in [0.2, 0.25) is 0 Å². The van der Waals surface area contributed by atoms with Crippen LogP contribution >= 0.6 is 0 Å². The number of hydrogen-bond acceptors (Lipinski definition) is 4. The number of sulfone groups is 1. The summed E-state index contributed by atoms with van der Waals surface area (Å²) < 4.78 is 24.1. The third kappa shape index (κ3) is 7.12. The van der Waals surface area contributed by atoms with E-state index in [0.29, 0.717) is 0 Å². The van der Waals surface area contributed by atoms with E-state index < -0.39 is 9.84 Å². The predicted octanol–water partition coefficient (Wildman–Crippen LogP) is 0.686. The monoisotopic (exact) mass is 259 g/mol. The SMILES string of the molecule is CC(CS(C)(=O)=O)NCCCCn1ccnc1. The van der Waals surface area contributed by atoms with Crippen molar-refractivity contribution >= 4 is 9.84 Å². The molecule has 0 aromatic carbocycles. The summed E-state index contributed by atoms with van der Waals surface area (Å²) >= 11 is 0. The van der Waals surface area contributed by atoms with Gasteiger partial charge in [0.15, 0.2) is 0 Å². The maximum Gasteiger partial charge on any atom is 0.148 e. The Morgan fingerprint density at radius 3 is 2.76 bits per heavy atom. The molecule has 0 fully saturated rings. The lowest BCUT2D eigenvalue weighted by atomic mass is 10.3. The molecule has 0 saturated heterocycles. The van der Waals surface area contributed by atoms with Crippen LogP contribution in [0.5, 0.6) is 0 Å². The summed E-state index contributed by atoms with van der Waals surface area (Å²) in [6, 6.07) is 0.0262. The molecular weight excluding hydrogens is 238 g/mol. The Morgan fingerprint density at radius 2 is 2.18 bits per heavy atom. The van der Waals surface area contributed by atoms with Crippen molar-refractivity contribution in [2.45, 2.75) is 32.4 Å². The summed E-state index contributed by atoms with van der Waals surface area (Å²) in [6.07, 6.45) is 8.89. The number of rotatable bonds is 8. The van der Waals surface area contributed by atoms with Crippen molar-refractivity contribution in [3.05, 3.63) is 18.7 Å². The average Bonchev–Trinajstić information content (AvgIpc) is 2.67. The molecule has 6 heteroatoms. The lowest BCUT2D eigenvalue weighted by molar-refractivity contribution is 0.525. The normalized spacial score (nSPS) is 13.8. The van der Waals surface area contributed by atoms with E-state index in [1.54, 1.807) is 12.5 Å². The van der Waals surface area contributed by atoms with E-state index in [9.17, 15) is 8.42 Å². The molecule has 1 N–H and O–H groups in total. The molecule has 1 rings (SSSR count). The first kappa shape index (κ1) is 14.2. The van der Waals surface area contributed by atoms with E-state index in [1.165, 1.54) is 6.26 Å². The van der Waals surface area contributed by atoms with Gasteiger partial charge in [0.25, 0.3) is 0 Å². The molecule has 98 valence electrons. The summed E-state index contributed by atoms with van der Waals surface area (Å²) in [7, 11) is -2.88. The minimum absolute atomic E-state index is 0.0262. The minimum Gasteiger partial charge on any atom is -0.337 e. The highest BCUT2D eigenvalue weighted by atomic mass is 32.2. The lowest BCUT2D eigenvalue weighted by Crippen LogP contribution is -2.33. The van der Waals surface area contributed by atoms with Gasteiger partial charge in [-0.1, -0.05) is 0 Å². The van der Waals surface area contributed by atoms with Gasteiger partial charge in [-0.3, -0.25) is 0 Å². The van der Waals surface area contributed by atoms with Crippen LogP contribution in [0.1, 0.15) is 19.8 Å². The summed E-state index contributed by atoms with van der Waals surface area (Å²) in [4.78, 5) is 3.97. The molecule has 0 saturated carbocycles. The highest BCUT2D eigenvalue weighted by molar-refractivity contribution is 7.90. The molecule has 5 nitrogen and oxygen atoms in total. The van der Waals surface area contributed by atoms with Crippen LogP contribution < -0.4 is 5.32 Å². The Labute approximate surface area is 103 Å².